The molecule has 2 heterocycles. The van der Waals surface area contributed by atoms with Crippen LogP contribution in [-0.4, -0.2) is 23.7 Å². The zero-order valence-electron chi connectivity index (χ0n) is 8.03. The second-order valence-corrected chi connectivity index (χ2v) is 3.98. The van der Waals surface area contributed by atoms with Gasteiger partial charge in [-0.15, -0.1) is 0 Å². The Kier molecular flexibility index (Phi) is 1.68. The first-order valence-electron chi connectivity index (χ1n) is 5.01. The Morgan fingerprint density at radius 3 is 3.00 bits per heavy atom. The fraction of sp³-hybridized carbons (Fsp3) is 0.500. The summed E-state index contributed by atoms with van der Waals surface area (Å²) in [5, 5.41) is 11.8. The minimum Gasteiger partial charge on any atom is -0.483 e. The van der Waals surface area contributed by atoms with Crippen LogP contribution in [0.1, 0.15) is 23.4 Å². The summed E-state index contributed by atoms with van der Waals surface area (Å²) >= 11 is 0. The number of aromatic carboxylic acids is 1. The van der Waals surface area contributed by atoms with Crippen LogP contribution in [0.15, 0.2) is 10.5 Å². The zero-order chi connectivity index (χ0) is 10.4. The molecular weight excluding hydrogens is 198 g/mol. The molecule has 1 aliphatic carbocycles. The minimum atomic E-state index is -1.07. The van der Waals surface area contributed by atoms with Gasteiger partial charge in [-0.25, -0.2) is 4.79 Å². The molecule has 5 heteroatoms. The molecule has 2 aliphatic rings. The van der Waals surface area contributed by atoms with Gasteiger partial charge < -0.3 is 19.6 Å². The van der Waals surface area contributed by atoms with Gasteiger partial charge >= 0.3 is 5.97 Å². The molecular formula is C10H11NO4. The number of hydrogen-bond acceptors (Lipinski definition) is 4. The van der Waals surface area contributed by atoms with E-state index in [1.165, 1.54) is 18.9 Å². The molecule has 0 spiro atoms. The molecule has 1 aromatic heterocycles. The topological polar surface area (TPSA) is 71.7 Å². The maximum atomic E-state index is 10.7. The lowest BCUT2D eigenvalue weighted by molar-refractivity contribution is 0.0663. The molecule has 0 aromatic carbocycles. The van der Waals surface area contributed by atoms with Gasteiger partial charge in [-0.2, -0.15) is 0 Å². The Morgan fingerprint density at radius 2 is 2.33 bits per heavy atom. The monoisotopic (exact) mass is 209 g/mol. The first-order chi connectivity index (χ1) is 7.24. The standard InChI is InChI=1S/C10H11NO4/c12-10(13)7-3-6-9(15-7)11-4-8(14-6)5-1-2-5/h3,5,8,11H,1-2,4H2,(H,12,13). The maximum absolute atomic E-state index is 10.7. The molecule has 1 fully saturated rings. The number of hydrogen-bond donors (Lipinski definition) is 2. The molecule has 15 heavy (non-hydrogen) atoms. The molecule has 1 unspecified atom stereocenters. The predicted molar refractivity (Wildman–Crippen MR) is 51.3 cm³/mol. The normalized spacial score (nSPS) is 23.9. The number of nitrogens with one attached hydrogen (secondary N) is 1. The van der Waals surface area contributed by atoms with Crippen molar-refractivity contribution < 1.29 is 19.1 Å². The number of furan rings is 1. The third-order valence-corrected chi connectivity index (χ3v) is 2.80. The molecule has 0 saturated heterocycles. The van der Waals surface area contributed by atoms with Crippen LogP contribution in [0, 0.1) is 5.92 Å². The number of rotatable bonds is 2. The SMILES string of the molecule is O=C(O)c1cc2c(o1)NCC(C1CC1)O2. The van der Waals surface area contributed by atoms with Crippen LogP contribution in [0.2, 0.25) is 0 Å². The molecule has 1 atom stereocenters. The molecule has 0 bridgehead atoms. The lowest BCUT2D eigenvalue weighted by atomic mass is 10.2. The van der Waals surface area contributed by atoms with Gasteiger partial charge in [-0.3, -0.25) is 0 Å². The number of fused-ring (bicyclic) bond motifs is 1. The van der Waals surface area contributed by atoms with E-state index in [1.807, 2.05) is 0 Å². The summed E-state index contributed by atoms with van der Waals surface area (Å²) in [4.78, 5) is 10.7. The number of anilines is 1. The van der Waals surface area contributed by atoms with Gasteiger partial charge in [0.25, 0.3) is 0 Å². The molecule has 1 aromatic rings. The van der Waals surface area contributed by atoms with Crippen LogP contribution in [0.3, 0.4) is 0 Å². The third kappa shape index (κ3) is 1.44. The summed E-state index contributed by atoms with van der Waals surface area (Å²) in [6.07, 6.45) is 2.56. The van der Waals surface area contributed by atoms with Crippen molar-refractivity contribution in [1.82, 2.24) is 0 Å². The Hall–Kier alpha value is -1.65. The fourth-order valence-corrected chi connectivity index (χ4v) is 1.82. The highest BCUT2D eigenvalue weighted by Gasteiger charge is 2.36. The zero-order valence-corrected chi connectivity index (χ0v) is 8.03. The fourth-order valence-electron chi connectivity index (χ4n) is 1.82. The minimum absolute atomic E-state index is 0.0797. The number of ether oxygens (including phenoxy) is 1. The highest BCUT2D eigenvalue weighted by atomic mass is 16.5. The smallest absolute Gasteiger partial charge is 0.372 e. The largest absolute Gasteiger partial charge is 0.483 e. The summed E-state index contributed by atoms with van der Waals surface area (Å²) in [6.45, 7) is 0.699. The Balaban J connectivity index is 1.85. The molecule has 1 aliphatic heterocycles. The molecule has 0 radical (unpaired) electrons. The van der Waals surface area contributed by atoms with Crippen molar-refractivity contribution >= 4 is 11.9 Å². The van der Waals surface area contributed by atoms with E-state index in [-0.39, 0.29) is 11.9 Å². The summed E-state index contributed by atoms with van der Waals surface area (Å²) < 4.78 is 10.7. The van der Waals surface area contributed by atoms with Crippen molar-refractivity contribution in [2.45, 2.75) is 18.9 Å². The van der Waals surface area contributed by atoms with E-state index in [2.05, 4.69) is 5.32 Å². The van der Waals surface area contributed by atoms with Gasteiger partial charge in [0.1, 0.15) is 6.10 Å². The van der Waals surface area contributed by atoms with E-state index >= 15 is 0 Å². The summed E-state index contributed by atoms with van der Waals surface area (Å²) in [6, 6.07) is 1.43. The van der Waals surface area contributed by atoms with Gasteiger partial charge in [0.05, 0.1) is 6.54 Å². The van der Waals surface area contributed by atoms with Crippen molar-refractivity contribution in [2.24, 2.45) is 5.92 Å². The van der Waals surface area contributed by atoms with Gasteiger partial charge in [-0.05, 0) is 18.8 Å². The van der Waals surface area contributed by atoms with E-state index in [9.17, 15) is 4.79 Å². The van der Waals surface area contributed by atoms with Gasteiger partial charge in [0, 0.05) is 6.07 Å². The molecule has 0 amide bonds. The average molecular weight is 209 g/mol. The first kappa shape index (κ1) is 8.64. The molecule has 2 N–H and O–H groups in total. The van der Waals surface area contributed by atoms with Crippen LogP contribution in [0.4, 0.5) is 5.88 Å². The van der Waals surface area contributed by atoms with Gasteiger partial charge in [0.2, 0.25) is 11.6 Å². The van der Waals surface area contributed by atoms with E-state index in [0.29, 0.717) is 24.1 Å². The van der Waals surface area contributed by atoms with Crippen LogP contribution < -0.4 is 10.1 Å². The highest BCUT2D eigenvalue weighted by Crippen LogP contribution is 2.40. The van der Waals surface area contributed by atoms with Crippen LogP contribution >= 0.6 is 0 Å². The highest BCUT2D eigenvalue weighted by molar-refractivity contribution is 5.86. The lowest BCUT2D eigenvalue weighted by Gasteiger charge is -2.23. The number of carbonyl (C=O) groups is 1. The second kappa shape index (κ2) is 2.92. The van der Waals surface area contributed by atoms with E-state index in [4.69, 9.17) is 14.3 Å². The maximum Gasteiger partial charge on any atom is 0.372 e. The molecule has 5 nitrogen and oxygen atoms in total. The first-order valence-corrected chi connectivity index (χ1v) is 5.01. The van der Waals surface area contributed by atoms with Crippen LogP contribution in [-0.2, 0) is 0 Å². The Morgan fingerprint density at radius 1 is 1.53 bits per heavy atom. The second-order valence-electron chi connectivity index (χ2n) is 3.98. The molecule has 80 valence electrons. The van der Waals surface area contributed by atoms with Gasteiger partial charge in [-0.1, -0.05) is 0 Å². The van der Waals surface area contributed by atoms with Crippen LogP contribution in [0.5, 0.6) is 5.75 Å². The van der Waals surface area contributed by atoms with E-state index in [0.717, 1.165) is 0 Å². The quantitative estimate of drug-likeness (QED) is 0.773. The summed E-state index contributed by atoms with van der Waals surface area (Å²) in [5.74, 6) is 0.426. The van der Waals surface area contributed by atoms with Crippen molar-refractivity contribution in [3.63, 3.8) is 0 Å². The van der Waals surface area contributed by atoms with E-state index < -0.39 is 5.97 Å². The van der Waals surface area contributed by atoms with Crippen LogP contribution in [0.25, 0.3) is 0 Å². The van der Waals surface area contributed by atoms with Crippen molar-refractivity contribution in [1.29, 1.82) is 0 Å². The summed E-state index contributed by atoms with van der Waals surface area (Å²) in [7, 11) is 0. The number of carboxylic acids is 1. The van der Waals surface area contributed by atoms with E-state index in [1.54, 1.807) is 0 Å². The van der Waals surface area contributed by atoms with Gasteiger partial charge in [0.15, 0.2) is 5.75 Å². The third-order valence-electron chi connectivity index (χ3n) is 2.80. The van der Waals surface area contributed by atoms with Crippen molar-refractivity contribution in [3.8, 4) is 5.75 Å². The lowest BCUT2D eigenvalue weighted by Crippen LogP contribution is -2.31. The molecule has 1 saturated carbocycles. The average Bonchev–Trinajstić information content (AvgIpc) is 2.96. The molecule has 3 rings (SSSR count). The van der Waals surface area contributed by atoms with Crippen molar-refractivity contribution in [3.05, 3.63) is 11.8 Å². The summed E-state index contributed by atoms with van der Waals surface area (Å²) in [5.41, 5.74) is 0. The predicted octanol–water partition coefficient (Wildman–Crippen LogP) is 1.56. The van der Waals surface area contributed by atoms with Crippen molar-refractivity contribution in [2.75, 3.05) is 11.9 Å². The number of carboxylic acid groups (broad SMARTS) is 1. The Labute approximate surface area is 86.0 Å². The Bertz CT molecular complexity index is 408.